The molecule has 5 rings (SSSR count). The Morgan fingerprint density at radius 1 is 0.886 bits per heavy atom. The molecule has 0 aromatic heterocycles. The Kier molecular flexibility index (Phi) is 6.81. The number of halogens is 7. The number of nitrogens with one attached hydrogen (secondary N) is 2. The Morgan fingerprint density at radius 2 is 1.51 bits per heavy atom. The highest BCUT2D eigenvalue weighted by Gasteiger charge is 2.72. The van der Waals surface area contributed by atoms with Crippen molar-refractivity contribution in [3.05, 3.63) is 91.6 Å². The molecular weight excluding hydrogens is 580 g/mol. The lowest BCUT2D eigenvalue weighted by Crippen LogP contribution is -2.14. The van der Waals surface area contributed by atoms with Gasteiger partial charge < -0.3 is 15.4 Å². The summed E-state index contributed by atoms with van der Waals surface area (Å²) in [7, 11) is 0. The molecule has 1 heterocycles. The average Bonchev–Trinajstić information content (AvgIpc) is 3.68. The van der Waals surface area contributed by atoms with Crippen molar-refractivity contribution in [2.75, 3.05) is 10.6 Å². The van der Waals surface area contributed by atoms with Crippen LogP contribution in [-0.2, 0) is 4.74 Å². The Bertz CT molecular complexity index is 1300. The summed E-state index contributed by atoms with van der Waals surface area (Å²) >= 11 is 37.8. The highest BCUT2D eigenvalue weighted by molar-refractivity contribution is 6.52. The van der Waals surface area contributed by atoms with E-state index < -0.39 is 16.1 Å². The molecule has 2 fully saturated rings. The van der Waals surface area contributed by atoms with E-state index >= 15 is 0 Å². The first-order chi connectivity index (χ1) is 16.6. The molecule has 4 unspecified atom stereocenters. The van der Waals surface area contributed by atoms with Crippen LogP contribution in [0.25, 0.3) is 0 Å². The zero-order valence-corrected chi connectivity index (χ0v) is 22.0. The predicted molar refractivity (Wildman–Crippen MR) is 140 cm³/mol. The van der Waals surface area contributed by atoms with Crippen LogP contribution < -0.4 is 10.6 Å². The van der Waals surface area contributed by atoms with Crippen LogP contribution in [0.1, 0.15) is 21.8 Å². The molecule has 1 amide bonds. The van der Waals surface area contributed by atoms with Gasteiger partial charge in [0.2, 0.25) is 0 Å². The summed E-state index contributed by atoms with van der Waals surface area (Å²) in [5.41, 5.74) is 2.09. The summed E-state index contributed by atoms with van der Waals surface area (Å²) in [5, 5.41) is 7.10. The van der Waals surface area contributed by atoms with Gasteiger partial charge in [-0.25, -0.2) is 4.39 Å². The van der Waals surface area contributed by atoms with Gasteiger partial charge in [-0.15, -0.1) is 23.2 Å². The van der Waals surface area contributed by atoms with E-state index in [0.717, 1.165) is 5.56 Å². The number of ether oxygens (including phenoxy) is 1. The van der Waals surface area contributed by atoms with Crippen molar-refractivity contribution in [3.63, 3.8) is 0 Å². The van der Waals surface area contributed by atoms with Crippen LogP contribution in [0.5, 0.6) is 0 Å². The minimum absolute atomic E-state index is 0.204. The van der Waals surface area contributed by atoms with Gasteiger partial charge in [-0.2, -0.15) is 0 Å². The van der Waals surface area contributed by atoms with Crippen molar-refractivity contribution in [3.8, 4) is 0 Å². The first-order valence-corrected chi connectivity index (χ1v) is 12.6. The fourth-order valence-corrected chi connectivity index (χ4v) is 5.86. The van der Waals surface area contributed by atoms with Crippen LogP contribution in [0.3, 0.4) is 0 Å². The van der Waals surface area contributed by atoms with Gasteiger partial charge in [-0.1, -0.05) is 46.4 Å². The normalized spacial score (nSPS) is 24.1. The number of carbonyl (C=O) groups is 1. The zero-order valence-electron chi connectivity index (χ0n) is 17.5. The fourth-order valence-electron chi connectivity index (χ4n) is 4.14. The van der Waals surface area contributed by atoms with E-state index in [1.807, 2.05) is 0 Å². The van der Waals surface area contributed by atoms with Gasteiger partial charge in [0, 0.05) is 23.2 Å². The van der Waals surface area contributed by atoms with Crippen LogP contribution in [0.15, 0.2) is 54.6 Å². The van der Waals surface area contributed by atoms with E-state index in [1.54, 1.807) is 30.3 Å². The second-order valence-electron chi connectivity index (χ2n) is 8.30. The number of anilines is 2. The topological polar surface area (TPSA) is 53.7 Å². The smallest absolute Gasteiger partial charge is 0.257 e. The SMILES string of the molecule is O=C(Nc1ccc(F)cc1)c1cc(NC2OC2C2C(c3cc(Cl)c(Cl)c(Cl)c3)C2(Cl)Cl)ccc1Cl. The summed E-state index contributed by atoms with van der Waals surface area (Å²) in [6.07, 6.45) is -0.635. The van der Waals surface area contributed by atoms with Crippen LogP contribution in [0.2, 0.25) is 20.1 Å². The number of amides is 1. The van der Waals surface area contributed by atoms with Crippen molar-refractivity contribution >= 4 is 86.9 Å². The number of rotatable bonds is 6. The third-order valence-corrected chi connectivity index (χ3v) is 8.48. The summed E-state index contributed by atoms with van der Waals surface area (Å²) in [6.45, 7) is 0. The Hall–Kier alpha value is -1.44. The van der Waals surface area contributed by atoms with Crippen molar-refractivity contribution in [1.29, 1.82) is 0 Å². The highest BCUT2D eigenvalue weighted by Crippen LogP contribution is 2.69. The number of alkyl halides is 2. The molecule has 0 spiro atoms. The molecule has 1 aliphatic carbocycles. The molecule has 1 aliphatic heterocycles. The summed E-state index contributed by atoms with van der Waals surface area (Å²) in [4.78, 5) is 12.7. The molecule has 0 bridgehead atoms. The number of epoxide rings is 1. The van der Waals surface area contributed by atoms with Gasteiger partial charge in [0.05, 0.1) is 25.7 Å². The Morgan fingerprint density at radius 3 is 2.17 bits per heavy atom. The van der Waals surface area contributed by atoms with Gasteiger partial charge in [0.15, 0.2) is 6.23 Å². The molecule has 35 heavy (non-hydrogen) atoms. The summed E-state index contributed by atoms with van der Waals surface area (Å²) in [6, 6.07) is 13.8. The lowest BCUT2D eigenvalue weighted by atomic mass is 10.1. The summed E-state index contributed by atoms with van der Waals surface area (Å²) in [5.74, 6) is -1.27. The van der Waals surface area contributed by atoms with Crippen LogP contribution in [-0.4, -0.2) is 22.6 Å². The second kappa shape index (κ2) is 9.46. The lowest BCUT2D eigenvalue weighted by molar-refractivity contribution is 0.102. The standard InChI is InChI=1S/C24H15Cl6FN2O2/c25-15-6-5-13(9-14(15)22(34)32-12-3-1-11(31)2-4-12)33-23-21(35-23)19-18(24(19,29)30)10-7-16(26)20(28)17(27)8-10/h1-9,18-19,21,23,33H,(H,32,34). The van der Waals surface area contributed by atoms with E-state index in [2.05, 4.69) is 10.6 Å². The monoisotopic (exact) mass is 592 g/mol. The molecule has 182 valence electrons. The van der Waals surface area contributed by atoms with E-state index in [1.165, 1.54) is 24.3 Å². The Labute approximate surface area is 230 Å². The minimum Gasteiger partial charge on any atom is -0.358 e. The molecule has 0 radical (unpaired) electrons. The van der Waals surface area contributed by atoms with E-state index in [0.29, 0.717) is 21.4 Å². The molecule has 4 atom stereocenters. The largest absolute Gasteiger partial charge is 0.358 e. The average molecular weight is 595 g/mol. The van der Waals surface area contributed by atoms with Crippen LogP contribution in [0.4, 0.5) is 15.8 Å². The molecule has 3 aromatic carbocycles. The number of hydrogen-bond acceptors (Lipinski definition) is 3. The van der Waals surface area contributed by atoms with Crippen LogP contribution >= 0.6 is 69.6 Å². The molecule has 1 saturated heterocycles. The van der Waals surface area contributed by atoms with Crippen LogP contribution in [0, 0.1) is 11.7 Å². The third-order valence-electron chi connectivity index (χ3n) is 5.98. The number of carbonyl (C=O) groups excluding carboxylic acids is 1. The number of benzene rings is 3. The number of hydrogen-bond donors (Lipinski definition) is 2. The quantitative estimate of drug-likeness (QED) is 0.171. The van der Waals surface area contributed by atoms with Crippen molar-refractivity contribution in [2.45, 2.75) is 22.6 Å². The first-order valence-electron chi connectivity index (χ1n) is 10.4. The maximum Gasteiger partial charge on any atom is 0.257 e. The molecule has 2 N–H and O–H groups in total. The summed E-state index contributed by atoms with van der Waals surface area (Å²) < 4.78 is 17.9. The first kappa shape index (κ1) is 25.2. The molecule has 1 saturated carbocycles. The van der Waals surface area contributed by atoms with Gasteiger partial charge in [-0.3, -0.25) is 4.79 Å². The van der Waals surface area contributed by atoms with Crippen molar-refractivity contribution < 1.29 is 13.9 Å². The Balaban J connectivity index is 1.27. The van der Waals surface area contributed by atoms with E-state index in [9.17, 15) is 9.18 Å². The second-order valence-corrected chi connectivity index (χ2v) is 11.3. The van der Waals surface area contributed by atoms with Crippen molar-refractivity contribution in [2.24, 2.45) is 5.92 Å². The van der Waals surface area contributed by atoms with Gasteiger partial charge in [-0.05, 0) is 60.2 Å². The van der Waals surface area contributed by atoms with Gasteiger partial charge in [0.1, 0.15) is 16.3 Å². The fraction of sp³-hybridized carbons (Fsp3) is 0.208. The van der Waals surface area contributed by atoms with Gasteiger partial charge in [0.25, 0.3) is 5.91 Å². The molecule has 3 aromatic rings. The maximum atomic E-state index is 13.1. The van der Waals surface area contributed by atoms with Crippen molar-refractivity contribution in [1.82, 2.24) is 0 Å². The zero-order chi connectivity index (χ0) is 25.1. The highest BCUT2D eigenvalue weighted by atomic mass is 35.5. The third kappa shape index (κ3) is 5.05. The predicted octanol–water partition coefficient (Wildman–Crippen LogP) is 8.42. The molecular formula is C24H15Cl6FN2O2. The lowest BCUT2D eigenvalue weighted by Gasteiger charge is -2.10. The maximum absolute atomic E-state index is 13.1. The van der Waals surface area contributed by atoms with Gasteiger partial charge >= 0.3 is 0 Å². The molecule has 4 nitrogen and oxygen atoms in total. The minimum atomic E-state index is -1.05. The van der Waals surface area contributed by atoms with E-state index in [-0.39, 0.29) is 39.8 Å². The van der Waals surface area contributed by atoms with E-state index in [4.69, 9.17) is 74.3 Å². The molecule has 11 heteroatoms. The molecule has 2 aliphatic rings.